The molecule has 20 heavy (non-hydrogen) atoms. The Morgan fingerprint density at radius 1 is 1.55 bits per heavy atom. The Morgan fingerprint density at radius 3 is 2.95 bits per heavy atom. The summed E-state index contributed by atoms with van der Waals surface area (Å²) in [5, 5.41) is 10.5. The van der Waals surface area contributed by atoms with Gasteiger partial charge in [0.2, 0.25) is 5.43 Å². The van der Waals surface area contributed by atoms with E-state index in [1.54, 1.807) is 6.92 Å². The van der Waals surface area contributed by atoms with Crippen LogP contribution in [0.4, 0.5) is 0 Å². The van der Waals surface area contributed by atoms with E-state index in [0.29, 0.717) is 18.5 Å². The molecule has 0 saturated heterocycles. The Bertz CT molecular complexity index is 687. The third-order valence-electron chi connectivity index (χ3n) is 3.30. The van der Waals surface area contributed by atoms with Crippen LogP contribution in [0, 0.1) is 6.92 Å². The minimum absolute atomic E-state index is 0.148. The Balaban J connectivity index is 1.70. The first-order valence-electron chi connectivity index (χ1n) is 6.19. The molecule has 1 N–H and O–H groups in total. The summed E-state index contributed by atoms with van der Waals surface area (Å²) in [5.41, 5.74) is -0.169. The molecule has 8 heteroatoms. The molecule has 3 rings (SSSR count). The first kappa shape index (κ1) is 12.5. The molecule has 0 aromatic carbocycles. The highest BCUT2D eigenvalue weighted by Crippen LogP contribution is 2.43. The predicted molar refractivity (Wildman–Crippen MR) is 66.6 cm³/mol. The number of rotatable bonds is 4. The van der Waals surface area contributed by atoms with Gasteiger partial charge in [-0.3, -0.25) is 9.89 Å². The van der Waals surface area contributed by atoms with Crippen molar-refractivity contribution in [3.05, 3.63) is 40.3 Å². The molecule has 2 aromatic heterocycles. The zero-order valence-electron chi connectivity index (χ0n) is 10.9. The molecule has 0 spiro atoms. The van der Waals surface area contributed by atoms with E-state index in [0.717, 1.165) is 0 Å². The summed E-state index contributed by atoms with van der Waals surface area (Å²) in [5.74, 6) is -0.412. The number of aromatic nitrogens is 5. The van der Waals surface area contributed by atoms with Gasteiger partial charge in [-0.25, -0.2) is 14.5 Å². The number of nitrogens with zero attached hydrogens (tertiary/aromatic N) is 4. The molecule has 8 nitrogen and oxygen atoms in total. The van der Waals surface area contributed by atoms with Crippen LogP contribution in [-0.2, 0) is 21.7 Å². The summed E-state index contributed by atoms with van der Waals surface area (Å²) < 4.78 is 6.69. The van der Waals surface area contributed by atoms with Gasteiger partial charge in [0.1, 0.15) is 25.0 Å². The van der Waals surface area contributed by atoms with E-state index in [-0.39, 0.29) is 17.7 Å². The molecule has 0 unspecified atom stereocenters. The van der Waals surface area contributed by atoms with Crippen molar-refractivity contribution in [3.63, 3.8) is 0 Å². The number of aromatic amines is 1. The Hall–Kier alpha value is -2.51. The van der Waals surface area contributed by atoms with Gasteiger partial charge < -0.3 is 4.74 Å². The highest BCUT2D eigenvalue weighted by atomic mass is 16.5. The van der Waals surface area contributed by atoms with Crippen molar-refractivity contribution in [1.82, 2.24) is 25.0 Å². The number of nitrogens with one attached hydrogen (secondary N) is 1. The van der Waals surface area contributed by atoms with Gasteiger partial charge in [-0.15, -0.1) is 0 Å². The van der Waals surface area contributed by atoms with Gasteiger partial charge in [-0.1, -0.05) is 0 Å². The highest BCUT2D eigenvalue weighted by molar-refractivity contribution is 5.81. The van der Waals surface area contributed by atoms with Crippen molar-refractivity contribution >= 4 is 5.97 Å². The fourth-order valence-corrected chi connectivity index (χ4v) is 1.97. The predicted octanol–water partition coefficient (Wildman–Crippen LogP) is -0.0977. The summed E-state index contributed by atoms with van der Waals surface area (Å²) in [6.45, 7) is 1.58. The zero-order valence-corrected chi connectivity index (χ0v) is 10.9. The number of aryl methyl sites for hydroxylation is 1. The van der Waals surface area contributed by atoms with Crippen molar-refractivity contribution < 1.29 is 9.53 Å². The van der Waals surface area contributed by atoms with Crippen LogP contribution in [0.2, 0.25) is 0 Å². The van der Waals surface area contributed by atoms with Gasteiger partial charge >= 0.3 is 5.97 Å². The first-order chi connectivity index (χ1) is 9.62. The molecule has 0 aliphatic heterocycles. The van der Waals surface area contributed by atoms with Crippen molar-refractivity contribution in [3.8, 4) is 0 Å². The summed E-state index contributed by atoms with van der Waals surface area (Å²) in [7, 11) is 0. The van der Waals surface area contributed by atoms with Gasteiger partial charge in [0.25, 0.3) is 0 Å². The SMILES string of the molecule is Cc1cc(=O)c(COC(=O)C2(n3cncn3)CC2)n[nH]1. The molecule has 0 atom stereocenters. The van der Waals surface area contributed by atoms with E-state index in [1.165, 1.54) is 23.4 Å². The normalized spacial score (nSPS) is 15.8. The third kappa shape index (κ3) is 2.09. The third-order valence-corrected chi connectivity index (χ3v) is 3.30. The molecular weight excluding hydrogens is 262 g/mol. The van der Waals surface area contributed by atoms with Crippen molar-refractivity contribution in [1.29, 1.82) is 0 Å². The monoisotopic (exact) mass is 275 g/mol. The number of carbonyl (C=O) groups excluding carboxylic acids is 1. The summed E-state index contributed by atoms with van der Waals surface area (Å²) in [6, 6.07) is 1.42. The molecular formula is C12H13N5O3. The lowest BCUT2D eigenvalue weighted by molar-refractivity contribution is -0.151. The number of esters is 1. The van der Waals surface area contributed by atoms with Crippen molar-refractivity contribution in [2.24, 2.45) is 0 Å². The van der Waals surface area contributed by atoms with Crippen LogP contribution in [0.1, 0.15) is 24.2 Å². The highest BCUT2D eigenvalue weighted by Gasteiger charge is 2.54. The largest absolute Gasteiger partial charge is 0.457 e. The summed E-state index contributed by atoms with van der Waals surface area (Å²) in [4.78, 5) is 27.6. The van der Waals surface area contributed by atoms with E-state index >= 15 is 0 Å². The van der Waals surface area contributed by atoms with Crippen LogP contribution in [-0.4, -0.2) is 30.9 Å². The molecule has 1 fully saturated rings. The van der Waals surface area contributed by atoms with Crippen LogP contribution >= 0.6 is 0 Å². The van der Waals surface area contributed by atoms with E-state index < -0.39 is 11.5 Å². The van der Waals surface area contributed by atoms with E-state index in [2.05, 4.69) is 20.3 Å². The lowest BCUT2D eigenvalue weighted by atomic mass is 10.3. The second kappa shape index (κ2) is 4.55. The molecule has 2 aromatic rings. The average Bonchev–Trinajstić information content (AvgIpc) is 3.05. The maximum Gasteiger partial charge on any atom is 0.334 e. The van der Waals surface area contributed by atoms with Crippen LogP contribution in [0.5, 0.6) is 0 Å². The standard InChI is InChI=1S/C12H13N5O3/c1-8-4-10(18)9(16-15-8)5-20-11(19)12(2-3-12)17-7-13-6-14-17/h4,6-7H,2-3,5H2,1H3,(H,15,18). The van der Waals surface area contributed by atoms with Crippen LogP contribution in [0.15, 0.2) is 23.5 Å². The number of ether oxygens (including phenoxy) is 1. The smallest absolute Gasteiger partial charge is 0.334 e. The minimum atomic E-state index is -0.756. The lowest BCUT2D eigenvalue weighted by Crippen LogP contribution is -2.31. The molecule has 1 saturated carbocycles. The van der Waals surface area contributed by atoms with Crippen molar-refractivity contribution in [2.45, 2.75) is 31.9 Å². The van der Waals surface area contributed by atoms with Gasteiger partial charge in [-0.2, -0.15) is 10.2 Å². The maximum absolute atomic E-state index is 12.1. The molecule has 0 amide bonds. The van der Waals surface area contributed by atoms with Crippen LogP contribution in [0.3, 0.4) is 0 Å². The van der Waals surface area contributed by atoms with E-state index in [1.807, 2.05) is 0 Å². The second-order valence-corrected chi connectivity index (χ2v) is 4.81. The fraction of sp³-hybridized carbons (Fsp3) is 0.417. The molecule has 2 heterocycles. The lowest BCUT2D eigenvalue weighted by Gasteiger charge is -2.13. The van der Waals surface area contributed by atoms with E-state index in [9.17, 15) is 9.59 Å². The molecule has 0 bridgehead atoms. The quantitative estimate of drug-likeness (QED) is 0.782. The molecule has 1 aliphatic rings. The maximum atomic E-state index is 12.1. The Labute approximate surface area is 113 Å². The number of carbonyl (C=O) groups is 1. The molecule has 1 aliphatic carbocycles. The van der Waals surface area contributed by atoms with Crippen LogP contribution in [0.25, 0.3) is 0 Å². The number of hydrogen-bond acceptors (Lipinski definition) is 6. The molecule has 104 valence electrons. The molecule has 0 radical (unpaired) electrons. The van der Waals surface area contributed by atoms with Gasteiger partial charge in [0.05, 0.1) is 0 Å². The van der Waals surface area contributed by atoms with Gasteiger partial charge in [0, 0.05) is 11.8 Å². The topological polar surface area (TPSA) is 103 Å². The van der Waals surface area contributed by atoms with E-state index in [4.69, 9.17) is 4.74 Å². The second-order valence-electron chi connectivity index (χ2n) is 4.81. The number of hydrogen-bond donors (Lipinski definition) is 1. The number of H-pyrrole nitrogens is 1. The Kier molecular flexibility index (Phi) is 2.85. The summed E-state index contributed by atoms with van der Waals surface area (Å²) in [6.07, 6.45) is 4.19. The minimum Gasteiger partial charge on any atom is -0.457 e. The van der Waals surface area contributed by atoms with Gasteiger partial charge in [0.15, 0.2) is 5.54 Å². The average molecular weight is 275 g/mol. The zero-order chi connectivity index (χ0) is 14.2. The van der Waals surface area contributed by atoms with Crippen molar-refractivity contribution in [2.75, 3.05) is 0 Å². The van der Waals surface area contributed by atoms with Gasteiger partial charge in [-0.05, 0) is 19.8 Å². The van der Waals surface area contributed by atoms with Crippen LogP contribution < -0.4 is 5.43 Å². The fourth-order valence-electron chi connectivity index (χ4n) is 1.97. The summed E-state index contributed by atoms with van der Waals surface area (Å²) >= 11 is 0. The Morgan fingerprint density at radius 2 is 2.35 bits per heavy atom. The first-order valence-corrected chi connectivity index (χ1v) is 6.19.